The Balaban J connectivity index is 2.46. The Hall–Kier alpha value is -1.72. The molecule has 0 spiro atoms. The van der Waals surface area contributed by atoms with Crippen LogP contribution >= 0.6 is 0 Å². The highest BCUT2D eigenvalue weighted by molar-refractivity contribution is 5.97. The van der Waals surface area contributed by atoms with Gasteiger partial charge in [0, 0.05) is 20.1 Å². The van der Waals surface area contributed by atoms with Crippen LogP contribution in [0.5, 0.6) is 0 Å². The van der Waals surface area contributed by atoms with Crippen molar-refractivity contribution in [3.8, 4) is 0 Å². The number of carbonyl (C=O) groups excluding carboxylic acids is 1. The van der Waals surface area contributed by atoms with E-state index in [0.717, 1.165) is 24.6 Å². The average molecular weight is 196 g/mol. The fourth-order valence-electron chi connectivity index (χ4n) is 1.50. The van der Waals surface area contributed by atoms with Gasteiger partial charge in [0.15, 0.2) is 5.69 Å². The minimum absolute atomic E-state index is 0.331. The third-order valence-electron chi connectivity index (χ3n) is 2.15. The molecule has 0 bridgehead atoms. The van der Waals surface area contributed by atoms with Crippen LogP contribution in [0.1, 0.15) is 10.5 Å². The van der Waals surface area contributed by atoms with Gasteiger partial charge in [0.05, 0.1) is 7.11 Å². The molecule has 1 aliphatic rings. The summed E-state index contributed by atoms with van der Waals surface area (Å²) in [6.45, 7) is 1.61. The number of methoxy groups -OCH3 is 1. The standard InChI is InChI=1S/C8H12N4O2/c1-12-7-5(9-3-4-10-7)6(11-12)8(13)14-2/h9-10H,3-4H2,1-2H3. The lowest BCUT2D eigenvalue weighted by Crippen LogP contribution is -2.22. The summed E-state index contributed by atoms with van der Waals surface area (Å²) < 4.78 is 6.27. The normalized spacial score (nSPS) is 13.9. The number of hydrogen-bond donors (Lipinski definition) is 2. The van der Waals surface area contributed by atoms with E-state index in [1.54, 1.807) is 11.7 Å². The lowest BCUT2D eigenvalue weighted by Gasteiger charge is -2.16. The summed E-state index contributed by atoms with van der Waals surface area (Å²) in [4.78, 5) is 11.3. The van der Waals surface area contributed by atoms with Crippen molar-refractivity contribution in [2.24, 2.45) is 7.05 Å². The first-order chi connectivity index (χ1) is 6.74. The number of aromatic nitrogens is 2. The number of ether oxygens (including phenoxy) is 1. The first kappa shape index (κ1) is 8.86. The van der Waals surface area contributed by atoms with Crippen molar-refractivity contribution in [2.45, 2.75) is 0 Å². The third-order valence-corrected chi connectivity index (χ3v) is 2.15. The molecule has 0 aromatic carbocycles. The molecule has 1 aliphatic heterocycles. The van der Waals surface area contributed by atoms with E-state index in [1.165, 1.54) is 7.11 Å². The van der Waals surface area contributed by atoms with Gasteiger partial charge in [-0.1, -0.05) is 0 Å². The minimum Gasteiger partial charge on any atom is -0.464 e. The van der Waals surface area contributed by atoms with Crippen molar-refractivity contribution in [3.63, 3.8) is 0 Å². The SMILES string of the molecule is COC(=O)c1nn(C)c2c1NCCN2. The number of nitrogens with zero attached hydrogens (tertiary/aromatic N) is 2. The molecule has 0 amide bonds. The quantitative estimate of drug-likeness (QED) is 0.621. The Morgan fingerprint density at radius 2 is 2.21 bits per heavy atom. The molecule has 14 heavy (non-hydrogen) atoms. The van der Waals surface area contributed by atoms with Crippen LogP contribution in [0.4, 0.5) is 11.5 Å². The van der Waals surface area contributed by atoms with Crippen molar-refractivity contribution in [1.82, 2.24) is 9.78 Å². The summed E-state index contributed by atoms with van der Waals surface area (Å²) in [7, 11) is 3.13. The molecule has 1 aromatic heterocycles. The largest absolute Gasteiger partial charge is 0.464 e. The number of fused-ring (bicyclic) bond motifs is 1. The van der Waals surface area contributed by atoms with Crippen LogP contribution in [0.2, 0.25) is 0 Å². The molecule has 0 atom stereocenters. The lowest BCUT2D eigenvalue weighted by atomic mass is 10.3. The number of anilines is 2. The Morgan fingerprint density at radius 1 is 1.50 bits per heavy atom. The predicted molar refractivity (Wildman–Crippen MR) is 51.5 cm³/mol. The summed E-state index contributed by atoms with van der Waals surface area (Å²) in [5, 5.41) is 10.4. The zero-order valence-corrected chi connectivity index (χ0v) is 8.13. The monoisotopic (exact) mass is 196 g/mol. The molecule has 2 heterocycles. The third kappa shape index (κ3) is 1.19. The van der Waals surface area contributed by atoms with Gasteiger partial charge in [-0.25, -0.2) is 4.79 Å². The van der Waals surface area contributed by atoms with Crippen molar-refractivity contribution in [1.29, 1.82) is 0 Å². The number of aryl methyl sites for hydroxylation is 1. The van der Waals surface area contributed by atoms with E-state index in [4.69, 9.17) is 0 Å². The molecule has 0 fully saturated rings. The molecular weight excluding hydrogens is 184 g/mol. The van der Waals surface area contributed by atoms with E-state index in [1.807, 2.05) is 0 Å². The summed E-state index contributed by atoms with van der Waals surface area (Å²) in [6, 6.07) is 0. The van der Waals surface area contributed by atoms with Crippen LogP contribution < -0.4 is 10.6 Å². The summed E-state index contributed by atoms with van der Waals surface area (Å²) in [5.74, 6) is 0.412. The zero-order chi connectivity index (χ0) is 10.1. The molecule has 1 aromatic rings. The van der Waals surface area contributed by atoms with Gasteiger partial charge in [-0.15, -0.1) is 0 Å². The Kier molecular flexibility index (Phi) is 2.03. The molecule has 2 N–H and O–H groups in total. The van der Waals surface area contributed by atoms with Crippen LogP contribution in [0.15, 0.2) is 0 Å². The Morgan fingerprint density at radius 3 is 2.93 bits per heavy atom. The van der Waals surface area contributed by atoms with Crippen molar-refractivity contribution in [3.05, 3.63) is 5.69 Å². The second-order valence-electron chi connectivity index (χ2n) is 3.04. The van der Waals surface area contributed by atoms with Crippen molar-refractivity contribution < 1.29 is 9.53 Å². The van der Waals surface area contributed by atoms with Gasteiger partial charge in [0.1, 0.15) is 11.5 Å². The molecule has 0 radical (unpaired) electrons. The van der Waals surface area contributed by atoms with E-state index in [-0.39, 0.29) is 0 Å². The highest BCUT2D eigenvalue weighted by Gasteiger charge is 2.23. The lowest BCUT2D eigenvalue weighted by molar-refractivity contribution is 0.0594. The van der Waals surface area contributed by atoms with Gasteiger partial charge >= 0.3 is 5.97 Å². The summed E-state index contributed by atoms with van der Waals surface area (Å²) in [6.07, 6.45) is 0. The summed E-state index contributed by atoms with van der Waals surface area (Å²) >= 11 is 0. The first-order valence-corrected chi connectivity index (χ1v) is 4.37. The van der Waals surface area contributed by atoms with E-state index in [0.29, 0.717) is 5.69 Å². The molecule has 76 valence electrons. The fourth-order valence-corrected chi connectivity index (χ4v) is 1.50. The van der Waals surface area contributed by atoms with Gasteiger partial charge in [-0.3, -0.25) is 4.68 Å². The van der Waals surface area contributed by atoms with E-state index in [2.05, 4.69) is 20.5 Å². The number of rotatable bonds is 1. The predicted octanol–water partition coefficient (Wildman–Crippen LogP) is 0.0441. The van der Waals surface area contributed by atoms with Crippen molar-refractivity contribution >= 4 is 17.5 Å². The second kappa shape index (κ2) is 3.21. The van der Waals surface area contributed by atoms with Gasteiger partial charge in [0.2, 0.25) is 0 Å². The van der Waals surface area contributed by atoms with Crippen LogP contribution in [-0.2, 0) is 11.8 Å². The highest BCUT2D eigenvalue weighted by atomic mass is 16.5. The molecule has 6 nitrogen and oxygen atoms in total. The van der Waals surface area contributed by atoms with Gasteiger partial charge in [-0.2, -0.15) is 5.10 Å². The Bertz CT molecular complexity index is 372. The number of nitrogens with one attached hydrogen (secondary N) is 2. The van der Waals surface area contributed by atoms with Crippen LogP contribution in [0, 0.1) is 0 Å². The van der Waals surface area contributed by atoms with Gasteiger partial charge in [-0.05, 0) is 0 Å². The first-order valence-electron chi connectivity index (χ1n) is 4.37. The van der Waals surface area contributed by atoms with Crippen molar-refractivity contribution in [2.75, 3.05) is 30.8 Å². The van der Waals surface area contributed by atoms with Crippen LogP contribution in [0.3, 0.4) is 0 Å². The molecule has 0 aliphatic carbocycles. The summed E-state index contributed by atoms with van der Waals surface area (Å²) in [5.41, 5.74) is 1.06. The maximum atomic E-state index is 11.3. The van der Waals surface area contributed by atoms with E-state index in [9.17, 15) is 4.79 Å². The maximum absolute atomic E-state index is 11.3. The topological polar surface area (TPSA) is 68.2 Å². The maximum Gasteiger partial charge on any atom is 0.360 e. The minimum atomic E-state index is -0.418. The van der Waals surface area contributed by atoms with E-state index >= 15 is 0 Å². The Labute approximate surface area is 81.2 Å². The zero-order valence-electron chi connectivity index (χ0n) is 8.13. The number of carbonyl (C=O) groups is 1. The number of hydrogen-bond acceptors (Lipinski definition) is 5. The number of esters is 1. The van der Waals surface area contributed by atoms with E-state index < -0.39 is 5.97 Å². The van der Waals surface area contributed by atoms with Crippen LogP contribution in [0.25, 0.3) is 0 Å². The molecule has 0 unspecified atom stereocenters. The fraction of sp³-hybridized carbons (Fsp3) is 0.500. The molecule has 6 heteroatoms. The highest BCUT2D eigenvalue weighted by Crippen LogP contribution is 2.27. The smallest absolute Gasteiger partial charge is 0.360 e. The second-order valence-corrected chi connectivity index (χ2v) is 3.04. The van der Waals surface area contributed by atoms with Gasteiger partial charge in [0.25, 0.3) is 0 Å². The molecule has 0 saturated heterocycles. The molecular formula is C8H12N4O2. The van der Waals surface area contributed by atoms with Crippen LogP contribution in [-0.4, -0.2) is 35.9 Å². The molecule has 0 saturated carbocycles. The van der Waals surface area contributed by atoms with Gasteiger partial charge < -0.3 is 15.4 Å². The average Bonchev–Trinajstić information content (AvgIpc) is 2.56. The molecule has 2 rings (SSSR count).